The van der Waals surface area contributed by atoms with Gasteiger partial charge in [0.2, 0.25) is 5.91 Å². The quantitative estimate of drug-likeness (QED) is 0.602. The third-order valence-corrected chi connectivity index (χ3v) is 2.20. The van der Waals surface area contributed by atoms with Gasteiger partial charge in [-0.25, -0.2) is 0 Å². The van der Waals surface area contributed by atoms with E-state index in [0.29, 0.717) is 26.1 Å². The van der Waals surface area contributed by atoms with E-state index in [1.54, 1.807) is 11.8 Å². The fourth-order valence-electron chi connectivity index (χ4n) is 1.38. The second kappa shape index (κ2) is 9.64. The van der Waals surface area contributed by atoms with Crippen LogP contribution in [-0.2, 0) is 14.3 Å². The number of amides is 1. The van der Waals surface area contributed by atoms with E-state index < -0.39 is 0 Å². The Bertz CT molecular complexity index is 284. The van der Waals surface area contributed by atoms with Gasteiger partial charge in [0.1, 0.15) is 0 Å². The lowest BCUT2D eigenvalue weighted by Crippen LogP contribution is -2.33. The molecule has 0 N–H and O–H groups in total. The van der Waals surface area contributed by atoms with Crippen molar-refractivity contribution in [2.24, 2.45) is 0 Å². The fraction of sp³-hybridized carbons (Fsp3) is 0.750. The Morgan fingerprint density at radius 2 is 1.94 bits per heavy atom. The van der Waals surface area contributed by atoms with Crippen LogP contribution in [0.15, 0.2) is 0 Å². The lowest BCUT2D eigenvalue weighted by molar-refractivity contribution is -0.144. The molecule has 0 saturated heterocycles. The van der Waals surface area contributed by atoms with Crippen molar-refractivity contribution in [1.29, 1.82) is 5.26 Å². The van der Waals surface area contributed by atoms with Crippen LogP contribution in [0.1, 0.15) is 39.5 Å². The van der Waals surface area contributed by atoms with Crippen LogP contribution in [0.5, 0.6) is 0 Å². The molecule has 0 aromatic rings. The topological polar surface area (TPSA) is 70.4 Å². The Balaban J connectivity index is 4.14. The third kappa shape index (κ3) is 7.34. The van der Waals surface area contributed by atoms with Crippen molar-refractivity contribution >= 4 is 11.9 Å². The highest BCUT2D eigenvalue weighted by Gasteiger charge is 2.14. The normalized spacial score (nSPS) is 9.47. The molecule has 0 rings (SSSR count). The molecule has 0 aliphatic carbocycles. The molecule has 0 heterocycles. The average Bonchev–Trinajstić information content (AvgIpc) is 2.29. The number of nitrogens with zero attached hydrogens (tertiary/aromatic N) is 2. The van der Waals surface area contributed by atoms with E-state index in [0.717, 1.165) is 6.42 Å². The number of nitriles is 1. The van der Waals surface area contributed by atoms with E-state index in [9.17, 15) is 9.59 Å². The molecule has 0 spiro atoms. The molecule has 0 radical (unpaired) electrons. The molecule has 17 heavy (non-hydrogen) atoms. The fourth-order valence-corrected chi connectivity index (χ4v) is 1.38. The number of esters is 1. The van der Waals surface area contributed by atoms with Gasteiger partial charge >= 0.3 is 5.97 Å². The summed E-state index contributed by atoms with van der Waals surface area (Å²) in [5.74, 6) is -0.314. The van der Waals surface area contributed by atoms with Crippen LogP contribution in [0.4, 0.5) is 0 Å². The van der Waals surface area contributed by atoms with Crippen LogP contribution in [0.3, 0.4) is 0 Å². The van der Waals surface area contributed by atoms with Gasteiger partial charge in [0.05, 0.1) is 25.5 Å². The van der Waals surface area contributed by atoms with Crippen LogP contribution in [0.2, 0.25) is 0 Å². The van der Waals surface area contributed by atoms with E-state index in [4.69, 9.17) is 10.00 Å². The summed E-state index contributed by atoms with van der Waals surface area (Å²) in [6, 6.07) is 2.00. The van der Waals surface area contributed by atoms with Crippen molar-refractivity contribution in [2.45, 2.75) is 39.5 Å². The van der Waals surface area contributed by atoms with Crippen molar-refractivity contribution in [2.75, 3.05) is 19.7 Å². The lowest BCUT2D eigenvalue weighted by atomic mass is 10.2. The van der Waals surface area contributed by atoms with Crippen molar-refractivity contribution in [3.05, 3.63) is 0 Å². The second-order valence-electron chi connectivity index (χ2n) is 3.59. The minimum Gasteiger partial charge on any atom is -0.466 e. The highest BCUT2D eigenvalue weighted by atomic mass is 16.5. The minimum absolute atomic E-state index is 0.00736. The van der Waals surface area contributed by atoms with Crippen LogP contribution < -0.4 is 0 Å². The first-order valence-corrected chi connectivity index (χ1v) is 5.96. The first-order chi connectivity index (χ1) is 8.15. The summed E-state index contributed by atoms with van der Waals surface area (Å²) in [4.78, 5) is 24.4. The van der Waals surface area contributed by atoms with E-state index in [1.165, 1.54) is 0 Å². The largest absolute Gasteiger partial charge is 0.466 e. The maximum Gasteiger partial charge on any atom is 0.307 e. The number of rotatable bonds is 8. The van der Waals surface area contributed by atoms with E-state index >= 15 is 0 Å². The summed E-state index contributed by atoms with van der Waals surface area (Å²) in [5, 5.41) is 8.51. The molecule has 5 nitrogen and oxygen atoms in total. The molecule has 0 saturated carbocycles. The summed E-state index contributed by atoms with van der Waals surface area (Å²) in [5.41, 5.74) is 0. The zero-order valence-electron chi connectivity index (χ0n) is 10.6. The van der Waals surface area contributed by atoms with Gasteiger partial charge in [0.15, 0.2) is 0 Å². The molecule has 0 unspecified atom stereocenters. The predicted molar refractivity (Wildman–Crippen MR) is 63.0 cm³/mol. The van der Waals surface area contributed by atoms with Crippen molar-refractivity contribution in [3.63, 3.8) is 0 Å². The van der Waals surface area contributed by atoms with Gasteiger partial charge in [-0.05, 0) is 13.3 Å². The summed E-state index contributed by atoms with van der Waals surface area (Å²) in [6.45, 7) is 4.73. The molecular weight excluding hydrogens is 220 g/mol. The van der Waals surface area contributed by atoms with Crippen molar-refractivity contribution < 1.29 is 14.3 Å². The van der Waals surface area contributed by atoms with Crippen molar-refractivity contribution in [3.8, 4) is 6.07 Å². The zero-order valence-corrected chi connectivity index (χ0v) is 10.6. The van der Waals surface area contributed by atoms with Gasteiger partial charge in [-0.1, -0.05) is 6.92 Å². The summed E-state index contributed by atoms with van der Waals surface area (Å²) in [6.07, 6.45) is 1.70. The Kier molecular flexibility index (Phi) is 8.75. The van der Waals surface area contributed by atoms with E-state index in [2.05, 4.69) is 0 Å². The molecule has 0 aliphatic rings. The highest BCUT2D eigenvalue weighted by molar-refractivity contribution is 5.77. The average molecular weight is 240 g/mol. The lowest BCUT2D eigenvalue weighted by Gasteiger charge is -2.20. The van der Waals surface area contributed by atoms with Crippen LogP contribution in [0.25, 0.3) is 0 Å². The molecular formula is C12H20N2O3. The second-order valence-corrected chi connectivity index (χ2v) is 3.59. The molecule has 0 aromatic heterocycles. The van der Waals surface area contributed by atoms with Crippen molar-refractivity contribution in [1.82, 2.24) is 4.90 Å². The maximum atomic E-state index is 11.7. The first-order valence-electron chi connectivity index (χ1n) is 5.96. The number of carbonyl (C=O) groups is 2. The number of hydrogen-bond acceptors (Lipinski definition) is 4. The van der Waals surface area contributed by atoms with Gasteiger partial charge in [0, 0.05) is 19.5 Å². The number of ether oxygens (including phenoxy) is 1. The predicted octanol–water partition coefficient (Wildman–Crippen LogP) is 1.48. The first kappa shape index (κ1) is 15.4. The smallest absolute Gasteiger partial charge is 0.307 e. The molecule has 5 heteroatoms. The third-order valence-electron chi connectivity index (χ3n) is 2.20. The Morgan fingerprint density at radius 1 is 1.24 bits per heavy atom. The zero-order chi connectivity index (χ0) is 13.1. The van der Waals surface area contributed by atoms with Gasteiger partial charge < -0.3 is 9.64 Å². The summed E-state index contributed by atoms with van der Waals surface area (Å²) >= 11 is 0. The summed E-state index contributed by atoms with van der Waals surface area (Å²) < 4.78 is 4.79. The number of carbonyl (C=O) groups excluding carboxylic acids is 2. The van der Waals surface area contributed by atoms with E-state index in [-0.39, 0.29) is 24.7 Å². The summed E-state index contributed by atoms with van der Waals surface area (Å²) in [7, 11) is 0. The van der Waals surface area contributed by atoms with Gasteiger partial charge in [-0.3, -0.25) is 9.59 Å². The SMILES string of the molecule is CCCC(=O)N(CCC#N)CCC(=O)OCC. The van der Waals surface area contributed by atoms with Crippen LogP contribution in [0, 0.1) is 11.3 Å². The van der Waals surface area contributed by atoms with Gasteiger partial charge in [-0.2, -0.15) is 5.26 Å². The van der Waals surface area contributed by atoms with Crippen LogP contribution >= 0.6 is 0 Å². The molecule has 0 bridgehead atoms. The van der Waals surface area contributed by atoms with Crippen LogP contribution in [-0.4, -0.2) is 36.5 Å². The number of hydrogen-bond donors (Lipinski definition) is 0. The standard InChI is InChI=1S/C12H20N2O3/c1-3-6-11(15)14(9-5-8-13)10-7-12(16)17-4-2/h3-7,9-10H2,1-2H3. The Morgan fingerprint density at radius 3 is 2.47 bits per heavy atom. The highest BCUT2D eigenvalue weighted by Crippen LogP contribution is 2.01. The monoisotopic (exact) mass is 240 g/mol. The van der Waals surface area contributed by atoms with Gasteiger partial charge in [0.25, 0.3) is 0 Å². The molecule has 0 aromatic carbocycles. The Hall–Kier alpha value is -1.57. The Labute approximate surface area is 102 Å². The molecule has 1 amide bonds. The van der Waals surface area contributed by atoms with E-state index in [1.807, 2.05) is 13.0 Å². The molecule has 96 valence electrons. The molecule has 0 aliphatic heterocycles. The van der Waals surface area contributed by atoms with Gasteiger partial charge in [-0.15, -0.1) is 0 Å². The maximum absolute atomic E-state index is 11.7. The molecule has 0 fully saturated rings. The minimum atomic E-state index is -0.307. The molecule has 0 atom stereocenters.